The number of anilines is 1. The lowest BCUT2D eigenvalue weighted by atomic mass is 9.45. The number of hydrogen-bond acceptors (Lipinski definition) is 9. The molecule has 3 amide bonds. The Balaban J connectivity index is 1.50. The second-order valence-electron chi connectivity index (χ2n) is 15.3. The van der Waals surface area contributed by atoms with E-state index >= 15 is 0 Å². The van der Waals surface area contributed by atoms with Crippen LogP contribution < -0.4 is 26.0 Å². The topological polar surface area (TPSA) is 139 Å². The normalized spacial score (nSPS) is 27.5. The molecule has 2 bridgehead atoms. The summed E-state index contributed by atoms with van der Waals surface area (Å²) in [6, 6.07) is 10.8. The van der Waals surface area contributed by atoms with E-state index in [1.54, 1.807) is 40.2 Å². The van der Waals surface area contributed by atoms with Crippen molar-refractivity contribution < 1.29 is 28.7 Å². The molecule has 0 radical (unpaired) electrons. The highest BCUT2D eigenvalue weighted by Crippen LogP contribution is 2.61. The number of nitrogens with two attached hydrogens (primary N) is 1. The van der Waals surface area contributed by atoms with E-state index in [0.29, 0.717) is 29.1 Å². The molecule has 0 aromatic heterocycles. The van der Waals surface area contributed by atoms with Crippen molar-refractivity contribution in [2.45, 2.75) is 71.4 Å². The van der Waals surface area contributed by atoms with Crippen molar-refractivity contribution in [2.75, 3.05) is 53.8 Å². The van der Waals surface area contributed by atoms with Gasteiger partial charge in [0.05, 0.1) is 25.7 Å². The average Bonchev–Trinajstić information content (AvgIpc) is 3.46. The van der Waals surface area contributed by atoms with Crippen LogP contribution in [0.5, 0.6) is 5.75 Å². The summed E-state index contributed by atoms with van der Waals surface area (Å²) in [4.78, 5) is 49.7. The first-order chi connectivity index (χ1) is 23.6. The molecule has 4 aliphatic rings. The number of nitrogens with zero attached hydrogens (tertiary/aromatic N) is 3. The Kier molecular flexibility index (Phi) is 11.0. The molecule has 1 saturated heterocycles. The zero-order chi connectivity index (χ0) is 36.7. The van der Waals surface area contributed by atoms with E-state index in [1.165, 1.54) is 11.3 Å². The minimum atomic E-state index is -0.794. The lowest BCUT2D eigenvalue weighted by Gasteiger charge is -2.62. The molecule has 6 rings (SSSR count). The van der Waals surface area contributed by atoms with Gasteiger partial charge in [-0.2, -0.15) is 5.06 Å². The first-order valence-corrected chi connectivity index (χ1v) is 17.6. The first kappa shape index (κ1) is 37.4. The van der Waals surface area contributed by atoms with Crippen LogP contribution in [0.25, 0.3) is 11.1 Å². The molecule has 1 heterocycles. The van der Waals surface area contributed by atoms with Gasteiger partial charge in [0.2, 0.25) is 5.91 Å². The van der Waals surface area contributed by atoms with Gasteiger partial charge in [0.1, 0.15) is 17.9 Å². The largest absolute Gasteiger partial charge is 0.496 e. The highest BCUT2D eigenvalue weighted by Gasteiger charge is 2.57. The Hall–Kier alpha value is -3.87. The van der Waals surface area contributed by atoms with Gasteiger partial charge in [-0.1, -0.05) is 39.0 Å². The Morgan fingerprint density at radius 2 is 1.84 bits per heavy atom. The van der Waals surface area contributed by atoms with Gasteiger partial charge in [-0.05, 0) is 66.7 Å². The molecule has 274 valence electrons. The molecule has 4 fully saturated rings. The zero-order valence-electron chi connectivity index (χ0n) is 31.3. The van der Waals surface area contributed by atoms with Crippen molar-refractivity contribution in [3.63, 3.8) is 0 Å². The number of rotatable bonds is 11. The molecule has 8 atom stereocenters. The van der Waals surface area contributed by atoms with Gasteiger partial charge in [0, 0.05) is 70.2 Å². The van der Waals surface area contributed by atoms with E-state index in [2.05, 4.69) is 31.4 Å². The number of fused-ring (bicyclic) bond motifs is 2. The molecular weight excluding hydrogens is 636 g/mol. The summed E-state index contributed by atoms with van der Waals surface area (Å²) in [6.45, 7) is 9.05. The predicted molar refractivity (Wildman–Crippen MR) is 194 cm³/mol. The molecule has 50 heavy (non-hydrogen) atoms. The number of carbonyl (C=O) groups is 3. The third-order valence-electron chi connectivity index (χ3n) is 11.6. The predicted octanol–water partition coefficient (Wildman–Crippen LogP) is 4.12. The van der Waals surface area contributed by atoms with Gasteiger partial charge in [-0.3, -0.25) is 14.4 Å². The van der Waals surface area contributed by atoms with Crippen LogP contribution in [0.4, 0.5) is 10.5 Å². The number of ether oxygens (including phenoxy) is 2. The van der Waals surface area contributed by atoms with E-state index in [9.17, 15) is 14.4 Å². The van der Waals surface area contributed by atoms with Gasteiger partial charge in [-0.25, -0.2) is 4.79 Å². The van der Waals surface area contributed by atoms with E-state index in [0.717, 1.165) is 28.8 Å². The number of hydroxylamine groups is 2. The van der Waals surface area contributed by atoms with Crippen molar-refractivity contribution in [2.24, 2.45) is 34.8 Å². The van der Waals surface area contributed by atoms with Gasteiger partial charge in [0.15, 0.2) is 0 Å². The van der Waals surface area contributed by atoms with Crippen molar-refractivity contribution in [3.8, 4) is 16.9 Å². The quantitative estimate of drug-likeness (QED) is 0.318. The Morgan fingerprint density at radius 1 is 1.12 bits per heavy atom. The van der Waals surface area contributed by atoms with Crippen molar-refractivity contribution in [3.05, 3.63) is 47.5 Å². The van der Waals surface area contributed by atoms with Crippen LogP contribution >= 0.6 is 0 Å². The highest BCUT2D eigenvalue weighted by atomic mass is 16.7. The summed E-state index contributed by atoms with van der Waals surface area (Å²) in [7, 11) is 10.3. The summed E-state index contributed by atoms with van der Waals surface area (Å²) in [5.41, 5.74) is 10.3. The summed E-state index contributed by atoms with van der Waals surface area (Å²) >= 11 is 0. The fraction of sp³-hybridized carbons (Fsp3) is 0.605. The molecule has 3 saturated carbocycles. The molecule has 0 spiro atoms. The molecular formula is C38H56N6O6. The monoisotopic (exact) mass is 692 g/mol. The molecule has 4 N–H and O–H groups in total. The minimum absolute atomic E-state index is 0.0367. The van der Waals surface area contributed by atoms with E-state index in [1.807, 2.05) is 55.4 Å². The maximum Gasteiger partial charge on any atom is 0.409 e. The minimum Gasteiger partial charge on any atom is -0.496 e. The maximum atomic E-state index is 14.5. The molecule has 1 aliphatic heterocycles. The summed E-state index contributed by atoms with van der Waals surface area (Å²) in [5, 5.41) is 7.81. The maximum absolute atomic E-state index is 14.5. The number of methoxy groups -OCH3 is 1. The van der Waals surface area contributed by atoms with Gasteiger partial charge in [-0.15, -0.1) is 0 Å². The molecule has 2 aromatic carbocycles. The van der Waals surface area contributed by atoms with Crippen LogP contribution in [0.3, 0.4) is 0 Å². The smallest absolute Gasteiger partial charge is 0.409 e. The fourth-order valence-electron chi connectivity index (χ4n) is 8.50. The Morgan fingerprint density at radius 3 is 2.42 bits per heavy atom. The Labute approximate surface area is 296 Å². The molecule has 3 aliphatic carbocycles. The number of carbonyl (C=O) groups excluding carboxylic acids is 3. The van der Waals surface area contributed by atoms with Crippen LogP contribution in [0.1, 0.15) is 56.5 Å². The second kappa shape index (κ2) is 14.8. The van der Waals surface area contributed by atoms with E-state index in [4.69, 9.17) is 20.0 Å². The van der Waals surface area contributed by atoms with Crippen LogP contribution in [-0.2, 0) is 20.9 Å². The van der Waals surface area contributed by atoms with Crippen molar-refractivity contribution in [1.82, 2.24) is 20.6 Å². The summed E-state index contributed by atoms with van der Waals surface area (Å²) in [6.07, 6.45) is 0.389. The van der Waals surface area contributed by atoms with Crippen LogP contribution in [0.2, 0.25) is 0 Å². The fourth-order valence-corrected chi connectivity index (χ4v) is 8.50. The number of benzene rings is 2. The lowest BCUT2D eigenvalue weighted by molar-refractivity contribution is -0.175. The van der Waals surface area contributed by atoms with Crippen molar-refractivity contribution in [1.29, 1.82) is 0 Å². The second-order valence-corrected chi connectivity index (χ2v) is 15.3. The summed E-state index contributed by atoms with van der Waals surface area (Å²) in [5.74, 6) is 1.15. The van der Waals surface area contributed by atoms with Crippen LogP contribution in [0.15, 0.2) is 36.4 Å². The van der Waals surface area contributed by atoms with Gasteiger partial charge in [0.25, 0.3) is 5.91 Å². The van der Waals surface area contributed by atoms with Crippen LogP contribution in [-0.4, -0.2) is 101 Å². The first-order valence-electron chi connectivity index (χ1n) is 17.6. The van der Waals surface area contributed by atoms with Crippen molar-refractivity contribution >= 4 is 23.6 Å². The highest BCUT2D eigenvalue weighted by molar-refractivity contribution is 5.97. The molecule has 2 aromatic rings. The van der Waals surface area contributed by atoms with E-state index in [-0.39, 0.29) is 36.4 Å². The number of amides is 3. The Bertz CT molecular complexity index is 1580. The summed E-state index contributed by atoms with van der Waals surface area (Å²) < 4.78 is 11.9. The molecule has 12 heteroatoms. The van der Waals surface area contributed by atoms with Gasteiger partial charge < -0.3 is 35.6 Å². The zero-order valence-corrected chi connectivity index (χ0v) is 31.3. The third-order valence-corrected chi connectivity index (χ3v) is 11.6. The van der Waals surface area contributed by atoms with E-state index < -0.39 is 30.3 Å². The average molecular weight is 693 g/mol. The SMILES string of the molecule is CNC(=O)c1cc(-c2cccc(CN3O[C@@H](CN)[C@@H]([C@H](C)OC(=O)N(C)C)[C@H]3C(=O)N[C@H]3C[C@@H]4C[C@H]([C@@H]3C)C4(C)C)c2OC)cc(N(C)C)c1. The third kappa shape index (κ3) is 7.02. The molecule has 0 unspecified atom stereocenters. The van der Waals surface area contributed by atoms with Gasteiger partial charge >= 0.3 is 6.09 Å². The standard InChI is InChI=1S/C38H56N6O6/c1-21-29-17-26(38(29,3)4)18-30(21)41-36(46)33-32(22(2)49-37(47)43(8)9)31(19-39)50-44(33)20-23-12-11-13-28(34(23)48-10)24-14-25(35(45)40-5)16-27(15-24)42(6)7/h11-16,21-22,26,29-33H,17-20,39H2,1-10H3,(H,40,45)(H,41,46)/t21-,22-,26-,29+,30-,31-,32+,33-/m0/s1. The lowest BCUT2D eigenvalue weighted by Crippen LogP contribution is -2.62. The number of nitrogens with one attached hydrogen (secondary N) is 2. The number of hydrogen-bond donors (Lipinski definition) is 3. The van der Waals surface area contributed by atoms with Crippen LogP contribution in [0, 0.1) is 29.1 Å². The molecule has 12 nitrogen and oxygen atoms in total. The number of para-hydroxylation sites is 1.